The maximum atomic E-state index is 3.62. The summed E-state index contributed by atoms with van der Waals surface area (Å²) in [5.41, 5.74) is 3.15. The Bertz CT molecular complexity index is 324. The number of hydrogen-bond donors (Lipinski definition) is 1. The van der Waals surface area contributed by atoms with E-state index in [0.29, 0.717) is 5.92 Å². The molecule has 1 aliphatic rings. The Morgan fingerprint density at radius 3 is 2.36 bits per heavy atom. The molecule has 2 rings (SSSR count). The predicted molar refractivity (Wildman–Crippen MR) is 60.3 cm³/mol. The standard InChI is InChI=1S/C13H19N/c1-10(2)13(8-9-14-13)12-7-5-4-6-11(12)3/h4-7,10,14H,8-9H2,1-3H3. The molecule has 0 amide bonds. The lowest BCUT2D eigenvalue weighted by Gasteiger charge is -2.48. The molecule has 1 heteroatoms. The van der Waals surface area contributed by atoms with Crippen molar-refractivity contribution in [2.75, 3.05) is 6.54 Å². The van der Waals surface area contributed by atoms with Gasteiger partial charge >= 0.3 is 0 Å². The van der Waals surface area contributed by atoms with E-state index in [1.807, 2.05) is 0 Å². The van der Waals surface area contributed by atoms with Gasteiger partial charge < -0.3 is 5.32 Å². The Morgan fingerprint density at radius 1 is 1.29 bits per heavy atom. The fourth-order valence-electron chi connectivity index (χ4n) is 2.50. The van der Waals surface area contributed by atoms with Crippen molar-refractivity contribution in [2.24, 2.45) is 5.92 Å². The second-order valence-corrected chi connectivity index (χ2v) is 4.62. The van der Waals surface area contributed by atoms with Gasteiger partial charge in [-0.1, -0.05) is 38.1 Å². The maximum absolute atomic E-state index is 3.62. The highest BCUT2D eigenvalue weighted by atomic mass is 15.1. The molecule has 1 unspecified atom stereocenters. The van der Waals surface area contributed by atoms with Gasteiger partial charge in [-0.05, 0) is 36.9 Å². The van der Waals surface area contributed by atoms with Crippen LogP contribution in [0, 0.1) is 12.8 Å². The van der Waals surface area contributed by atoms with Gasteiger partial charge in [-0.3, -0.25) is 0 Å². The van der Waals surface area contributed by atoms with Gasteiger partial charge in [0.1, 0.15) is 0 Å². The Kier molecular flexibility index (Phi) is 2.36. The highest BCUT2D eigenvalue weighted by Gasteiger charge is 2.41. The van der Waals surface area contributed by atoms with Crippen LogP contribution in [0.25, 0.3) is 0 Å². The van der Waals surface area contributed by atoms with Gasteiger partial charge in [0.15, 0.2) is 0 Å². The van der Waals surface area contributed by atoms with Gasteiger partial charge in [0.05, 0.1) is 0 Å². The molecule has 1 heterocycles. The average molecular weight is 189 g/mol. The van der Waals surface area contributed by atoms with Crippen LogP contribution in [0.3, 0.4) is 0 Å². The second kappa shape index (κ2) is 3.39. The van der Waals surface area contributed by atoms with Gasteiger partial charge in [0.25, 0.3) is 0 Å². The van der Waals surface area contributed by atoms with Crippen molar-refractivity contribution in [3.8, 4) is 0 Å². The van der Waals surface area contributed by atoms with E-state index in [2.05, 4.69) is 50.4 Å². The Hall–Kier alpha value is -0.820. The molecule has 1 aromatic carbocycles. The minimum Gasteiger partial charge on any atom is -0.307 e. The van der Waals surface area contributed by atoms with E-state index in [9.17, 15) is 0 Å². The van der Waals surface area contributed by atoms with E-state index in [0.717, 1.165) is 6.54 Å². The molecule has 1 aliphatic heterocycles. The number of rotatable bonds is 2. The third-order valence-electron chi connectivity index (χ3n) is 3.57. The molecule has 76 valence electrons. The molecule has 0 aliphatic carbocycles. The first-order chi connectivity index (χ1) is 6.67. The lowest BCUT2D eigenvalue weighted by Crippen LogP contribution is -2.57. The first kappa shape index (κ1) is 9.72. The monoisotopic (exact) mass is 189 g/mol. The van der Waals surface area contributed by atoms with E-state index < -0.39 is 0 Å². The van der Waals surface area contributed by atoms with Crippen LogP contribution in [-0.2, 0) is 5.54 Å². The lowest BCUT2D eigenvalue weighted by molar-refractivity contribution is 0.139. The van der Waals surface area contributed by atoms with Crippen LogP contribution in [0.15, 0.2) is 24.3 Å². The summed E-state index contributed by atoms with van der Waals surface area (Å²) in [4.78, 5) is 0. The van der Waals surface area contributed by atoms with Crippen LogP contribution < -0.4 is 5.32 Å². The zero-order chi connectivity index (χ0) is 10.2. The van der Waals surface area contributed by atoms with Crippen LogP contribution in [0.1, 0.15) is 31.4 Å². The van der Waals surface area contributed by atoms with Crippen molar-refractivity contribution in [1.29, 1.82) is 0 Å². The van der Waals surface area contributed by atoms with Crippen molar-refractivity contribution >= 4 is 0 Å². The Labute approximate surface area is 86.5 Å². The summed E-state index contributed by atoms with van der Waals surface area (Å²) >= 11 is 0. The number of benzene rings is 1. The zero-order valence-corrected chi connectivity index (χ0v) is 9.30. The van der Waals surface area contributed by atoms with Crippen LogP contribution in [0.5, 0.6) is 0 Å². The van der Waals surface area contributed by atoms with Crippen molar-refractivity contribution in [1.82, 2.24) is 5.32 Å². The third-order valence-corrected chi connectivity index (χ3v) is 3.57. The summed E-state index contributed by atoms with van der Waals surface area (Å²) in [6.07, 6.45) is 1.27. The fourth-order valence-corrected chi connectivity index (χ4v) is 2.50. The van der Waals surface area contributed by atoms with E-state index in [-0.39, 0.29) is 5.54 Å². The average Bonchev–Trinajstić information content (AvgIpc) is 2.05. The third kappa shape index (κ3) is 1.27. The van der Waals surface area contributed by atoms with E-state index in [1.165, 1.54) is 17.5 Å². The number of hydrogen-bond acceptors (Lipinski definition) is 1. The zero-order valence-electron chi connectivity index (χ0n) is 9.30. The van der Waals surface area contributed by atoms with Gasteiger partial charge in [-0.2, -0.15) is 0 Å². The van der Waals surface area contributed by atoms with Gasteiger partial charge in [-0.15, -0.1) is 0 Å². The lowest BCUT2D eigenvalue weighted by atomic mass is 9.71. The van der Waals surface area contributed by atoms with Crippen molar-refractivity contribution in [3.05, 3.63) is 35.4 Å². The summed E-state index contributed by atoms with van der Waals surface area (Å²) < 4.78 is 0. The van der Waals surface area contributed by atoms with E-state index in [1.54, 1.807) is 0 Å². The van der Waals surface area contributed by atoms with Gasteiger partial charge in [0.2, 0.25) is 0 Å². The Morgan fingerprint density at radius 2 is 1.93 bits per heavy atom. The van der Waals surface area contributed by atoms with Crippen LogP contribution in [0.2, 0.25) is 0 Å². The van der Waals surface area contributed by atoms with Crippen LogP contribution in [0.4, 0.5) is 0 Å². The molecule has 1 nitrogen and oxygen atoms in total. The normalized spacial score (nSPS) is 26.3. The molecule has 1 N–H and O–H groups in total. The second-order valence-electron chi connectivity index (χ2n) is 4.62. The summed E-state index contributed by atoms with van der Waals surface area (Å²) in [7, 11) is 0. The topological polar surface area (TPSA) is 12.0 Å². The molecule has 0 aromatic heterocycles. The maximum Gasteiger partial charge on any atom is 0.0472 e. The van der Waals surface area contributed by atoms with Gasteiger partial charge in [-0.25, -0.2) is 0 Å². The van der Waals surface area contributed by atoms with Crippen molar-refractivity contribution in [2.45, 2.75) is 32.7 Å². The van der Waals surface area contributed by atoms with E-state index >= 15 is 0 Å². The molecular formula is C13H19N. The molecule has 14 heavy (non-hydrogen) atoms. The highest BCUT2D eigenvalue weighted by Crippen LogP contribution is 2.39. The summed E-state index contributed by atoms with van der Waals surface area (Å²) in [5, 5.41) is 3.62. The molecule has 0 saturated carbocycles. The highest BCUT2D eigenvalue weighted by molar-refractivity contribution is 5.35. The predicted octanol–water partition coefficient (Wildman–Crippen LogP) is 2.84. The van der Waals surface area contributed by atoms with Crippen molar-refractivity contribution in [3.63, 3.8) is 0 Å². The number of aryl methyl sites for hydroxylation is 1. The SMILES string of the molecule is Cc1ccccc1C1(C(C)C)CCN1. The van der Waals surface area contributed by atoms with E-state index in [4.69, 9.17) is 0 Å². The largest absolute Gasteiger partial charge is 0.307 e. The fraction of sp³-hybridized carbons (Fsp3) is 0.538. The molecule has 1 saturated heterocycles. The minimum atomic E-state index is 0.255. The summed E-state index contributed by atoms with van der Waals surface area (Å²) in [6, 6.07) is 8.74. The molecular weight excluding hydrogens is 170 g/mol. The molecule has 1 fully saturated rings. The minimum absolute atomic E-state index is 0.255. The molecule has 1 atom stereocenters. The first-order valence-electron chi connectivity index (χ1n) is 5.48. The molecule has 0 radical (unpaired) electrons. The van der Waals surface area contributed by atoms with Crippen LogP contribution in [-0.4, -0.2) is 6.54 Å². The van der Waals surface area contributed by atoms with Crippen molar-refractivity contribution < 1.29 is 0 Å². The quantitative estimate of drug-likeness (QED) is 0.754. The Balaban J connectivity index is 2.42. The number of nitrogens with one attached hydrogen (secondary N) is 1. The first-order valence-corrected chi connectivity index (χ1v) is 5.48. The molecule has 0 bridgehead atoms. The molecule has 1 aromatic rings. The smallest absolute Gasteiger partial charge is 0.0472 e. The summed E-state index contributed by atoms with van der Waals surface area (Å²) in [5.74, 6) is 0.664. The van der Waals surface area contributed by atoms with Gasteiger partial charge in [0, 0.05) is 5.54 Å². The van der Waals surface area contributed by atoms with Crippen LogP contribution >= 0.6 is 0 Å². The molecule has 0 spiro atoms. The summed E-state index contributed by atoms with van der Waals surface area (Å²) in [6.45, 7) is 7.98.